The van der Waals surface area contributed by atoms with Crippen LogP contribution in [0, 0.1) is 5.41 Å². The molecule has 1 aromatic rings. The van der Waals surface area contributed by atoms with Crippen molar-refractivity contribution in [2.75, 3.05) is 0 Å². The number of nitrogens with one attached hydrogen (secondary N) is 2. The SMILES string of the molecule is N=CN=C(Cl)c1cc(Br)c[nH]1. The molecule has 2 N–H and O–H groups in total. The van der Waals surface area contributed by atoms with Gasteiger partial charge in [0.2, 0.25) is 0 Å². The molecule has 0 aliphatic heterocycles. The molecule has 0 aliphatic carbocycles. The largest absolute Gasteiger partial charge is 0.358 e. The van der Waals surface area contributed by atoms with E-state index in [0.717, 1.165) is 10.8 Å². The van der Waals surface area contributed by atoms with E-state index < -0.39 is 0 Å². The molecule has 0 bridgehead atoms. The lowest BCUT2D eigenvalue weighted by Crippen LogP contribution is -1.90. The molecule has 0 aromatic carbocycles. The van der Waals surface area contributed by atoms with Crippen LogP contribution in [0.2, 0.25) is 0 Å². The Morgan fingerprint density at radius 3 is 3.00 bits per heavy atom. The molecule has 11 heavy (non-hydrogen) atoms. The van der Waals surface area contributed by atoms with E-state index in [2.05, 4.69) is 25.9 Å². The van der Waals surface area contributed by atoms with Crippen LogP contribution >= 0.6 is 27.5 Å². The van der Waals surface area contributed by atoms with Crippen LogP contribution in [0.5, 0.6) is 0 Å². The average Bonchev–Trinajstić information content (AvgIpc) is 2.36. The van der Waals surface area contributed by atoms with E-state index in [4.69, 9.17) is 17.0 Å². The summed E-state index contributed by atoms with van der Waals surface area (Å²) in [5, 5.41) is 6.95. The Morgan fingerprint density at radius 2 is 2.55 bits per heavy atom. The van der Waals surface area contributed by atoms with Crippen molar-refractivity contribution >= 4 is 39.0 Å². The lowest BCUT2D eigenvalue weighted by atomic mass is 10.5. The van der Waals surface area contributed by atoms with Crippen LogP contribution in [0.4, 0.5) is 0 Å². The predicted octanol–water partition coefficient (Wildman–Crippen LogP) is 2.37. The van der Waals surface area contributed by atoms with Gasteiger partial charge in [-0.15, -0.1) is 0 Å². The summed E-state index contributed by atoms with van der Waals surface area (Å²) in [7, 11) is 0. The van der Waals surface area contributed by atoms with Gasteiger partial charge in [0.1, 0.15) is 6.34 Å². The zero-order valence-corrected chi connectivity index (χ0v) is 7.78. The standard InChI is InChI=1S/C6H5BrClN3/c7-4-1-5(10-2-4)6(8)11-3-9/h1-3,9-10H. The zero-order chi connectivity index (χ0) is 8.27. The van der Waals surface area contributed by atoms with Crippen molar-refractivity contribution in [2.45, 2.75) is 0 Å². The zero-order valence-electron chi connectivity index (χ0n) is 5.44. The van der Waals surface area contributed by atoms with Crippen molar-refractivity contribution in [3.8, 4) is 0 Å². The van der Waals surface area contributed by atoms with Crippen molar-refractivity contribution < 1.29 is 0 Å². The summed E-state index contributed by atoms with van der Waals surface area (Å²) >= 11 is 8.92. The second-order valence-electron chi connectivity index (χ2n) is 1.78. The maximum atomic E-state index is 6.67. The van der Waals surface area contributed by atoms with E-state index in [1.54, 1.807) is 12.3 Å². The first-order valence-corrected chi connectivity index (χ1v) is 3.97. The van der Waals surface area contributed by atoms with Gasteiger partial charge >= 0.3 is 0 Å². The molecular formula is C6H5BrClN3. The van der Waals surface area contributed by atoms with E-state index >= 15 is 0 Å². The molecule has 0 unspecified atom stereocenters. The fourth-order valence-corrected chi connectivity index (χ4v) is 1.11. The molecule has 0 radical (unpaired) electrons. The molecule has 3 nitrogen and oxygen atoms in total. The Kier molecular flexibility index (Phi) is 2.84. The van der Waals surface area contributed by atoms with E-state index in [-0.39, 0.29) is 5.17 Å². The molecule has 1 aromatic heterocycles. The van der Waals surface area contributed by atoms with Gasteiger partial charge in [-0.05, 0) is 22.0 Å². The van der Waals surface area contributed by atoms with E-state index in [1.165, 1.54) is 0 Å². The second kappa shape index (κ2) is 3.69. The minimum atomic E-state index is 0.283. The Bertz CT molecular complexity index is 292. The van der Waals surface area contributed by atoms with Crippen molar-refractivity contribution in [3.05, 3.63) is 22.4 Å². The maximum Gasteiger partial charge on any atom is 0.154 e. The first kappa shape index (κ1) is 8.49. The van der Waals surface area contributed by atoms with Crippen LogP contribution in [-0.2, 0) is 0 Å². The number of nitrogens with zero attached hydrogens (tertiary/aromatic N) is 1. The van der Waals surface area contributed by atoms with Crippen molar-refractivity contribution in [2.24, 2.45) is 4.99 Å². The highest BCUT2D eigenvalue weighted by atomic mass is 79.9. The van der Waals surface area contributed by atoms with Crippen molar-refractivity contribution in [1.29, 1.82) is 5.41 Å². The van der Waals surface area contributed by atoms with Crippen molar-refractivity contribution in [1.82, 2.24) is 4.98 Å². The minimum Gasteiger partial charge on any atom is -0.358 e. The fourth-order valence-electron chi connectivity index (χ4n) is 0.613. The van der Waals surface area contributed by atoms with Gasteiger partial charge in [0.25, 0.3) is 0 Å². The summed E-state index contributed by atoms with van der Waals surface area (Å²) < 4.78 is 0.908. The van der Waals surface area contributed by atoms with Crippen LogP contribution in [0.15, 0.2) is 21.7 Å². The number of hydrogen-bond acceptors (Lipinski definition) is 1. The van der Waals surface area contributed by atoms with Crippen LogP contribution in [0.25, 0.3) is 0 Å². The number of rotatable bonds is 2. The molecule has 58 valence electrons. The summed E-state index contributed by atoms with van der Waals surface area (Å²) in [6.45, 7) is 0. The second-order valence-corrected chi connectivity index (χ2v) is 3.05. The lowest BCUT2D eigenvalue weighted by Gasteiger charge is -1.87. The van der Waals surface area contributed by atoms with Gasteiger partial charge in [-0.2, -0.15) is 0 Å². The molecule has 0 amide bonds. The number of halogens is 2. The highest BCUT2D eigenvalue weighted by molar-refractivity contribution is 9.10. The molecule has 0 atom stereocenters. The van der Waals surface area contributed by atoms with Crippen LogP contribution in [0.3, 0.4) is 0 Å². The van der Waals surface area contributed by atoms with Gasteiger partial charge in [-0.1, -0.05) is 11.6 Å². The third-order valence-electron chi connectivity index (χ3n) is 1.05. The Labute approximate surface area is 77.1 Å². The minimum absolute atomic E-state index is 0.283. The Hall–Kier alpha value is -0.610. The first-order valence-electron chi connectivity index (χ1n) is 2.80. The van der Waals surface area contributed by atoms with Gasteiger partial charge in [-0.3, -0.25) is 5.41 Å². The molecule has 0 fully saturated rings. The van der Waals surface area contributed by atoms with Gasteiger partial charge in [0, 0.05) is 10.7 Å². The maximum absolute atomic E-state index is 6.67. The number of aliphatic imine (C=N–C) groups is 1. The normalized spacial score (nSPS) is 11.6. The molecule has 0 saturated carbocycles. The summed E-state index contributed by atoms with van der Waals surface area (Å²) in [5.74, 6) is 0. The monoisotopic (exact) mass is 233 g/mol. The van der Waals surface area contributed by atoms with Crippen LogP contribution < -0.4 is 0 Å². The molecule has 0 aliphatic rings. The summed E-state index contributed by atoms with van der Waals surface area (Å²) in [4.78, 5) is 6.46. The summed E-state index contributed by atoms with van der Waals surface area (Å²) in [6, 6.07) is 1.79. The number of aromatic amines is 1. The topological polar surface area (TPSA) is 52.0 Å². The third-order valence-corrected chi connectivity index (χ3v) is 1.81. The number of hydrogen-bond donors (Lipinski definition) is 2. The quantitative estimate of drug-likeness (QED) is 0.583. The van der Waals surface area contributed by atoms with Gasteiger partial charge in [-0.25, -0.2) is 4.99 Å². The summed E-state index contributed by atoms with van der Waals surface area (Å²) in [6.07, 6.45) is 2.65. The Balaban J connectivity index is 2.93. The number of H-pyrrole nitrogens is 1. The van der Waals surface area contributed by atoms with Gasteiger partial charge in [0.15, 0.2) is 5.17 Å². The average molecular weight is 234 g/mol. The molecule has 1 heterocycles. The fraction of sp³-hybridized carbons (Fsp3) is 0. The van der Waals surface area contributed by atoms with Gasteiger partial charge < -0.3 is 4.98 Å². The highest BCUT2D eigenvalue weighted by Gasteiger charge is 2.00. The molecule has 0 spiro atoms. The number of aromatic nitrogens is 1. The smallest absolute Gasteiger partial charge is 0.154 e. The lowest BCUT2D eigenvalue weighted by molar-refractivity contribution is 1.37. The van der Waals surface area contributed by atoms with Crippen LogP contribution in [0.1, 0.15) is 5.69 Å². The third kappa shape index (κ3) is 2.17. The van der Waals surface area contributed by atoms with E-state index in [9.17, 15) is 0 Å². The Morgan fingerprint density at radius 1 is 1.82 bits per heavy atom. The molecular weight excluding hydrogens is 229 g/mol. The van der Waals surface area contributed by atoms with E-state index in [1.807, 2.05) is 0 Å². The first-order chi connectivity index (χ1) is 5.24. The molecule has 1 rings (SSSR count). The van der Waals surface area contributed by atoms with E-state index in [0.29, 0.717) is 5.69 Å². The van der Waals surface area contributed by atoms with Crippen LogP contribution in [-0.4, -0.2) is 16.5 Å². The molecule has 0 saturated heterocycles. The van der Waals surface area contributed by atoms with Gasteiger partial charge in [0.05, 0.1) is 5.69 Å². The van der Waals surface area contributed by atoms with Crippen molar-refractivity contribution in [3.63, 3.8) is 0 Å². The predicted molar refractivity (Wildman–Crippen MR) is 49.7 cm³/mol. The molecule has 5 heteroatoms. The highest BCUT2D eigenvalue weighted by Crippen LogP contribution is 2.12. The summed E-state index contributed by atoms with van der Waals surface area (Å²) in [5.41, 5.74) is 0.696.